The van der Waals surface area contributed by atoms with Gasteiger partial charge in [-0.3, -0.25) is 0 Å². The van der Waals surface area contributed by atoms with Crippen molar-refractivity contribution in [3.63, 3.8) is 0 Å². The Morgan fingerprint density at radius 2 is 1.20 bits per heavy atom. The van der Waals surface area contributed by atoms with Crippen LogP contribution in [-0.2, 0) is 10.3 Å². The van der Waals surface area contributed by atoms with Gasteiger partial charge in [-0.05, 0) is 17.7 Å². The molecule has 0 unspecified atom stereocenters. The summed E-state index contributed by atoms with van der Waals surface area (Å²) in [5, 5.41) is 0. The number of ether oxygens (including phenoxy) is 1. The highest BCUT2D eigenvalue weighted by Crippen LogP contribution is 2.42. The van der Waals surface area contributed by atoms with Crippen LogP contribution in [0.15, 0.2) is 78.9 Å². The molecule has 3 aromatic carbocycles. The molecule has 0 aliphatic rings. The standard InChI is InChI=1S/C21H19F2NO/c22-19-12-6-4-10-17(19)21(25-15-14-24,16-8-2-1-3-9-16)18-11-5-7-13-20(18)23/h1-13H,14-15,24H2. The molecule has 0 spiro atoms. The van der Waals surface area contributed by atoms with E-state index >= 15 is 0 Å². The predicted octanol–water partition coefficient (Wildman–Crippen LogP) is 4.23. The van der Waals surface area contributed by atoms with Gasteiger partial charge >= 0.3 is 0 Å². The molecule has 0 saturated carbocycles. The molecule has 0 atom stereocenters. The van der Waals surface area contributed by atoms with Gasteiger partial charge in [0.1, 0.15) is 17.2 Å². The number of rotatable bonds is 6. The van der Waals surface area contributed by atoms with Crippen LogP contribution in [0.5, 0.6) is 0 Å². The highest BCUT2D eigenvalue weighted by Gasteiger charge is 2.41. The van der Waals surface area contributed by atoms with Gasteiger partial charge in [-0.15, -0.1) is 0 Å². The van der Waals surface area contributed by atoms with E-state index in [-0.39, 0.29) is 24.3 Å². The van der Waals surface area contributed by atoms with Gasteiger partial charge < -0.3 is 10.5 Å². The maximum atomic E-state index is 14.8. The minimum atomic E-state index is -1.42. The number of hydrogen-bond donors (Lipinski definition) is 1. The Morgan fingerprint density at radius 3 is 1.68 bits per heavy atom. The predicted molar refractivity (Wildman–Crippen MR) is 94.1 cm³/mol. The third-order valence-electron chi connectivity index (χ3n) is 4.12. The van der Waals surface area contributed by atoms with E-state index in [1.54, 1.807) is 48.5 Å². The minimum Gasteiger partial charge on any atom is -0.359 e. The smallest absolute Gasteiger partial charge is 0.149 e. The first-order chi connectivity index (χ1) is 12.2. The third kappa shape index (κ3) is 3.18. The SMILES string of the molecule is NCCOC(c1ccccc1)(c1ccccc1F)c1ccccc1F. The van der Waals surface area contributed by atoms with E-state index in [2.05, 4.69) is 0 Å². The molecule has 0 fully saturated rings. The van der Waals surface area contributed by atoms with Gasteiger partial charge in [0.05, 0.1) is 6.61 Å². The van der Waals surface area contributed by atoms with Crippen molar-refractivity contribution >= 4 is 0 Å². The summed E-state index contributed by atoms with van der Waals surface area (Å²) in [4.78, 5) is 0. The molecule has 0 amide bonds. The van der Waals surface area contributed by atoms with Crippen LogP contribution in [0, 0.1) is 11.6 Å². The van der Waals surface area contributed by atoms with Crippen molar-refractivity contribution in [2.75, 3.05) is 13.2 Å². The third-order valence-corrected chi connectivity index (χ3v) is 4.12. The molecule has 128 valence electrons. The lowest BCUT2D eigenvalue weighted by molar-refractivity contribution is 0.0129. The quantitative estimate of drug-likeness (QED) is 0.682. The van der Waals surface area contributed by atoms with Crippen molar-refractivity contribution in [1.29, 1.82) is 0 Å². The zero-order valence-corrected chi connectivity index (χ0v) is 13.7. The largest absolute Gasteiger partial charge is 0.359 e. The molecule has 0 saturated heterocycles. The van der Waals surface area contributed by atoms with Crippen molar-refractivity contribution in [1.82, 2.24) is 0 Å². The second kappa shape index (κ2) is 7.55. The molecule has 0 bridgehead atoms. The lowest BCUT2D eigenvalue weighted by Crippen LogP contribution is -2.36. The highest BCUT2D eigenvalue weighted by atomic mass is 19.1. The fourth-order valence-electron chi connectivity index (χ4n) is 3.07. The number of halogens is 2. The van der Waals surface area contributed by atoms with Gasteiger partial charge in [0.15, 0.2) is 0 Å². The fourth-order valence-corrected chi connectivity index (χ4v) is 3.07. The van der Waals surface area contributed by atoms with Crippen LogP contribution in [0.2, 0.25) is 0 Å². The Labute approximate surface area is 145 Å². The lowest BCUT2D eigenvalue weighted by Gasteiger charge is -2.36. The molecule has 0 aliphatic heterocycles. The van der Waals surface area contributed by atoms with Gasteiger partial charge in [-0.2, -0.15) is 0 Å². The minimum absolute atomic E-state index is 0.150. The van der Waals surface area contributed by atoms with Gasteiger partial charge in [-0.1, -0.05) is 66.7 Å². The summed E-state index contributed by atoms with van der Waals surface area (Å²) < 4.78 is 35.7. The van der Waals surface area contributed by atoms with Crippen LogP contribution in [0.25, 0.3) is 0 Å². The molecule has 0 heterocycles. The first-order valence-corrected chi connectivity index (χ1v) is 8.09. The lowest BCUT2D eigenvalue weighted by atomic mass is 9.79. The number of nitrogens with two attached hydrogens (primary N) is 1. The summed E-state index contributed by atoms with van der Waals surface area (Å²) in [5.74, 6) is -0.932. The summed E-state index contributed by atoms with van der Waals surface area (Å²) in [6.07, 6.45) is 0. The summed E-state index contributed by atoms with van der Waals surface area (Å²) in [7, 11) is 0. The van der Waals surface area contributed by atoms with Crippen molar-refractivity contribution < 1.29 is 13.5 Å². The molecule has 2 N–H and O–H groups in total. The van der Waals surface area contributed by atoms with E-state index in [4.69, 9.17) is 10.5 Å². The summed E-state index contributed by atoms with van der Waals surface area (Å²) >= 11 is 0. The second-order valence-corrected chi connectivity index (χ2v) is 5.64. The molecule has 0 aromatic heterocycles. The Kier molecular flexibility index (Phi) is 5.22. The highest BCUT2D eigenvalue weighted by molar-refractivity contribution is 5.48. The maximum Gasteiger partial charge on any atom is 0.149 e. The average molecular weight is 339 g/mol. The Balaban J connectivity index is 2.36. The Morgan fingerprint density at radius 1 is 0.720 bits per heavy atom. The van der Waals surface area contributed by atoms with Crippen LogP contribution < -0.4 is 5.73 Å². The molecule has 3 aromatic rings. The van der Waals surface area contributed by atoms with E-state index < -0.39 is 17.2 Å². The van der Waals surface area contributed by atoms with Crippen LogP contribution in [-0.4, -0.2) is 13.2 Å². The fraction of sp³-hybridized carbons (Fsp3) is 0.143. The molecule has 4 heteroatoms. The number of hydrogen-bond acceptors (Lipinski definition) is 2. The second-order valence-electron chi connectivity index (χ2n) is 5.64. The molecule has 2 nitrogen and oxygen atoms in total. The van der Waals surface area contributed by atoms with E-state index in [9.17, 15) is 8.78 Å². The monoisotopic (exact) mass is 339 g/mol. The zero-order valence-electron chi connectivity index (χ0n) is 13.7. The zero-order chi connectivity index (χ0) is 17.7. The van der Waals surface area contributed by atoms with Gasteiger partial charge in [0, 0.05) is 17.7 Å². The topological polar surface area (TPSA) is 35.2 Å². The molecule has 0 radical (unpaired) electrons. The summed E-state index contributed by atoms with van der Waals surface area (Å²) in [5.41, 5.74) is 5.35. The maximum absolute atomic E-state index is 14.8. The first-order valence-electron chi connectivity index (χ1n) is 8.09. The van der Waals surface area contributed by atoms with Gasteiger partial charge in [-0.25, -0.2) is 8.78 Å². The molecule has 0 aliphatic carbocycles. The van der Waals surface area contributed by atoms with Crippen LogP contribution in [0.1, 0.15) is 16.7 Å². The molecule has 25 heavy (non-hydrogen) atoms. The molecular formula is C21H19F2NO. The van der Waals surface area contributed by atoms with Crippen molar-refractivity contribution in [3.05, 3.63) is 107 Å². The molecular weight excluding hydrogens is 320 g/mol. The average Bonchev–Trinajstić information content (AvgIpc) is 2.65. The Bertz CT molecular complexity index is 791. The normalized spacial score (nSPS) is 11.5. The first kappa shape index (κ1) is 17.3. The van der Waals surface area contributed by atoms with E-state index in [0.29, 0.717) is 5.56 Å². The van der Waals surface area contributed by atoms with Crippen molar-refractivity contribution in [2.24, 2.45) is 5.73 Å². The van der Waals surface area contributed by atoms with Gasteiger partial charge in [0.25, 0.3) is 0 Å². The van der Waals surface area contributed by atoms with Crippen LogP contribution >= 0.6 is 0 Å². The van der Waals surface area contributed by atoms with Crippen molar-refractivity contribution in [3.8, 4) is 0 Å². The Hall–Kier alpha value is -2.56. The summed E-state index contributed by atoms with van der Waals surface area (Å²) in [6.45, 7) is 0.384. The van der Waals surface area contributed by atoms with Crippen LogP contribution in [0.3, 0.4) is 0 Å². The van der Waals surface area contributed by atoms with E-state index in [1.165, 1.54) is 12.1 Å². The van der Waals surface area contributed by atoms with Crippen molar-refractivity contribution in [2.45, 2.75) is 5.60 Å². The molecule has 3 rings (SSSR count). The number of benzene rings is 3. The van der Waals surface area contributed by atoms with E-state index in [0.717, 1.165) is 0 Å². The summed E-state index contributed by atoms with van der Waals surface area (Å²) in [6, 6.07) is 21.6. The van der Waals surface area contributed by atoms with Gasteiger partial charge in [0.2, 0.25) is 0 Å². The van der Waals surface area contributed by atoms with Crippen LogP contribution in [0.4, 0.5) is 8.78 Å². The van der Waals surface area contributed by atoms with E-state index in [1.807, 2.05) is 18.2 Å².